The molecule has 122 valence electrons. The number of anilines is 1. The van der Waals surface area contributed by atoms with E-state index in [9.17, 15) is 8.42 Å². The third-order valence-electron chi connectivity index (χ3n) is 2.89. The monoisotopic (exact) mass is 365 g/mol. The van der Waals surface area contributed by atoms with Crippen molar-refractivity contribution in [2.45, 2.75) is 25.5 Å². The van der Waals surface area contributed by atoms with Crippen LogP contribution in [0.2, 0.25) is 10.3 Å². The molecule has 1 atom stereocenters. The topological polar surface area (TPSA) is 108 Å². The molecule has 0 saturated carbocycles. The predicted molar refractivity (Wildman–Crippen MR) is 89.2 cm³/mol. The van der Waals surface area contributed by atoms with Gasteiger partial charge in [0, 0.05) is 13.2 Å². The Kier molecular flexibility index (Phi) is 6.58. The molecule has 0 aliphatic rings. The van der Waals surface area contributed by atoms with Gasteiger partial charge >= 0.3 is 0 Å². The van der Waals surface area contributed by atoms with Crippen LogP contribution in [0.3, 0.4) is 0 Å². The van der Waals surface area contributed by atoms with Crippen LogP contribution in [-0.4, -0.2) is 35.7 Å². The molecule has 1 aromatic heterocycles. The Labute approximate surface area is 139 Å². The first kappa shape index (κ1) is 18.7. The van der Waals surface area contributed by atoms with Gasteiger partial charge in [-0.1, -0.05) is 18.5 Å². The van der Waals surface area contributed by atoms with Gasteiger partial charge in [-0.25, -0.2) is 13.4 Å². The summed E-state index contributed by atoms with van der Waals surface area (Å²) in [6.07, 6.45) is 3.02. The van der Waals surface area contributed by atoms with Gasteiger partial charge in [0.05, 0.1) is 17.1 Å². The lowest BCUT2D eigenvalue weighted by Crippen LogP contribution is -2.29. The molecule has 0 aliphatic carbocycles. The maximum Gasteiger partial charge on any atom is 0.224 e. The van der Waals surface area contributed by atoms with Crippen LogP contribution in [-0.2, 0) is 9.84 Å². The molecule has 7 nitrogen and oxygen atoms in total. The Balaban J connectivity index is 3.18. The summed E-state index contributed by atoms with van der Waals surface area (Å²) < 4.78 is 24.6. The van der Waals surface area contributed by atoms with E-state index >= 15 is 0 Å². The van der Waals surface area contributed by atoms with Gasteiger partial charge in [0.25, 0.3) is 0 Å². The molecule has 3 N–H and O–H groups in total. The molecular weight excluding hydrogens is 349 g/mol. The summed E-state index contributed by atoms with van der Waals surface area (Å²) in [7, 11) is -2.18. The number of nitrogens with one attached hydrogen (secondary N) is 3. The number of sulfone groups is 1. The molecule has 22 heavy (non-hydrogen) atoms. The van der Waals surface area contributed by atoms with Crippen molar-refractivity contribution in [3.05, 3.63) is 28.4 Å². The second-order valence-corrected chi connectivity index (χ2v) is 7.45. The average Bonchev–Trinajstić information content (AvgIpc) is 2.48. The number of halogens is 2. The third kappa shape index (κ3) is 4.31. The molecule has 0 bridgehead atoms. The molecule has 0 spiro atoms. The molecule has 0 aliphatic heterocycles. The maximum absolute atomic E-state index is 12.3. The fourth-order valence-electron chi connectivity index (χ4n) is 1.44. The van der Waals surface area contributed by atoms with E-state index in [1.54, 1.807) is 20.9 Å². The van der Waals surface area contributed by atoms with Crippen LogP contribution < -0.4 is 10.6 Å². The molecule has 1 rings (SSSR count). The summed E-state index contributed by atoms with van der Waals surface area (Å²) in [6.45, 7) is 3.29. The number of aromatic nitrogens is 2. The van der Waals surface area contributed by atoms with E-state index in [2.05, 4.69) is 20.6 Å². The fourth-order valence-corrected chi connectivity index (χ4v) is 2.97. The highest BCUT2D eigenvalue weighted by molar-refractivity contribution is 8.07. The largest absolute Gasteiger partial charge is 0.392 e. The van der Waals surface area contributed by atoms with Crippen LogP contribution in [0.25, 0.3) is 0 Å². The minimum atomic E-state index is -3.76. The Bertz CT molecular complexity index is 691. The van der Waals surface area contributed by atoms with Crippen molar-refractivity contribution in [1.82, 2.24) is 15.3 Å². The van der Waals surface area contributed by atoms with E-state index in [-0.39, 0.29) is 21.8 Å². The van der Waals surface area contributed by atoms with Gasteiger partial charge in [-0.3, -0.25) is 5.41 Å². The van der Waals surface area contributed by atoms with E-state index < -0.39 is 20.1 Å². The lowest BCUT2D eigenvalue weighted by Gasteiger charge is -2.16. The minimum absolute atomic E-state index is 0.0134. The van der Waals surface area contributed by atoms with Crippen LogP contribution in [0.1, 0.15) is 20.3 Å². The summed E-state index contributed by atoms with van der Waals surface area (Å²) >= 11 is 11.6. The van der Waals surface area contributed by atoms with Crippen molar-refractivity contribution < 1.29 is 8.42 Å². The van der Waals surface area contributed by atoms with E-state index in [1.807, 2.05) is 0 Å². The van der Waals surface area contributed by atoms with Gasteiger partial charge in [-0.05, 0) is 24.9 Å². The second kappa shape index (κ2) is 7.75. The first-order valence-corrected chi connectivity index (χ1v) is 8.69. The Hall–Kier alpha value is -1.38. The SMILES string of the molecule is CCC(C)S(=O)(=O)C(=N)/C(=C\NC)Nc1nc(Cl)ncc1Cl. The number of nitrogens with zero attached hydrogens (tertiary/aromatic N) is 2. The summed E-state index contributed by atoms with van der Waals surface area (Å²) in [5.74, 6) is 0.118. The molecule has 0 amide bonds. The average molecular weight is 366 g/mol. The first-order chi connectivity index (χ1) is 10.2. The lowest BCUT2D eigenvalue weighted by molar-refractivity contribution is 0.592. The summed E-state index contributed by atoms with van der Waals surface area (Å²) in [6, 6.07) is 0. The standard InChI is InChI=1S/C12H17Cl2N5O2S/c1-4-7(2)22(20,21)10(15)9(6-16-3)18-11-8(13)5-17-12(14)19-11/h5-7,15-16H,4H2,1-3H3,(H,17,18,19)/b9-6+,15-10?. The smallest absolute Gasteiger partial charge is 0.224 e. The Morgan fingerprint density at radius 1 is 1.50 bits per heavy atom. The first-order valence-electron chi connectivity index (χ1n) is 6.39. The number of hydrogen-bond donors (Lipinski definition) is 3. The molecule has 1 unspecified atom stereocenters. The van der Waals surface area contributed by atoms with Gasteiger partial charge < -0.3 is 10.6 Å². The van der Waals surface area contributed by atoms with Crippen LogP contribution in [0.4, 0.5) is 5.82 Å². The third-order valence-corrected chi connectivity index (χ3v) is 5.53. The highest BCUT2D eigenvalue weighted by Crippen LogP contribution is 2.22. The van der Waals surface area contributed by atoms with Gasteiger partial charge in [0.15, 0.2) is 20.7 Å². The molecule has 0 saturated heterocycles. The van der Waals surface area contributed by atoms with Crippen molar-refractivity contribution in [3.8, 4) is 0 Å². The predicted octanol–water partition coefficient (Wildman–Crippen LogP) is 2.45. The second-order valence-electron chi connectivity index (χ2n) is 4.40. The van der Waals surface area contributed by atoms with E-state index in [4.69, 9.17) is 28.6 Å². The lowest BCUT2D eigenvalue weighted by atomic mass is 10.4. The highest BCUT2D eigenvalue weighted by atomic mass is 35.5. The number of hydrogen-bond acceptors (Lipinski definition) is 7. The van der Waals surface area contributed by atoms with Crippen molar-refractivity contribution in [3.63, 3.8) is 0 Å². The Morgan fingerprint density at radius 2 is 2.14 bits per heavy atom. The molecule has 0 radical (unpaired) electrons. The molecule has 0 fully saturated rings. The van der Waals surface area contributed by atoms with Crippen LogP contribution in [0.15, 0.2) is 18.1 Å². The van der Waals surface area contributed by atoms with Crippen molar-refractivity contribution in [2.24, 2.45) is 0 Å². The summed E-state index contributed by atoms with van der Waals surface area (Å²) in [5, 5.41) is 12.2. The minimum Gasteiger partial charge on any atom is -0.392 e. The zero-order chi connectivity index (χ0) is 16.9. The molecule has 1 aromatic rings. The molecule has 1 heterocycles. The number of rotatable bonds is 6. The van der Waals surface area contributed by atoms with E-state index in [0.717, 1.165) is 0 Å². The van der Waals surface area contributed by atoms with E-state index in [1.165, 1.54) is 12.4 Å². The van der Waals surface area contributed by atoms with Gasteiger partial charge in [0.2, 0.25) is 5.28 Å². The summed E-state index contributed by atoms with van der Waals surface area (Å²) in [5.41, 5.74) is 0.0134. The highest BCUT2D eigenvalue weighted by Gasteiger charge is 2.28. The normalized spacial score (nSPS) is 13.6. The van der Waals surface area contributed by atoms with Crippen LogP contribution in [0.5, 0.6) is 0 Å². The zero-order valence-corrected chi connectivity index (χ0v) is 14.6. The van der Waals surface area contributed by atoms with Crippen LogP contribution in [0, 0.1) is 5.41 Å². The van der Waals surface area contributed by atoms with Crippen molar-refractivity contribution >= 4 is 43.9 Å². The molecule has 10 heteroatoms. The van der Waals surface area contributed by atoms with Crippen molar-refractivity contribution in [2.75, 3.05) is 12.4 Å². The Morgan fingerprint density at radius 3 is 2.68 bits per heavy atom. The summed E-state index contributed by atoms with van der Waals surface area (Å²) in [4.78, 5) is 7.58. The molecular formula is C12H17Cl2N5O2S. The quantitative estimate of drug-likeness (QED) is 0.406. The van der Waals surface area contributed by atoms with E-state index in [0.29, 0.717) is 6.42 Å². The van der Waals surface area contributed by atoms with Gasteiger partial charge in [-0.2, -0.15) is 4.98 Å². The van der Waals surface area contributed by atoms with Crippen LogP contribution >= 0.6 is 23.2 Å². The van der Waals surface area contributed by atoms with Gasteiger partial charge in [-0.15, -0.1) is 0 Å². The van der Waals surface area contributed by atoms with Crippen molar-refractivity contribution in [1.29, 1.82) is 5.41 Å². The maximum atomic E-state index is 12.3. The molecule has 0 aromatic carbocycles. The van der Waals surface area contributed by atoms with Gasteiger partial charge in [0.1, 0.15) is 5.02 Å². The zero-order valence-electron chi connectivity index (χ0n) is 12.3. The fraction of sp³-hybridized carbons (Fsp3) is 0.417.